The van der Waals surface area contributed by atoms with Crippen LogP contribution in [-0.4, -0.2) is 35.8 Å². The number of nitrogens with zero attached hydrogens (tertiary/aromatic N) is 2. The summed E-state index contributed by atoms with van der Waals surface area (Å²) in [6.45, 7) is 1.85. The van der Waals surface area contributed by atoms with Crippen LogP contribution >= 0.6 is 11.6 Å². The molecule has 1 aromatic heterocycles. The van der Waals surface area contributed by atoms with Crippen molar-refractivity contribution < 1.29 is 19.1 Å². The van der Waals surface area contributed by atoms with Gasteiger partial charge in [0.15, 0.2) is 11.5 Å². The zero-order valence-corrected chi connectivity index (χ0v) is 18.0. The van der Waals surface area contributed by atoms with Gasteiger partial charge in [-0.05, 0) is 31.2 Å². The SMILES string of the molecule is COc1ccc(NC(=O)[C@H]2CC(=O)Nc3c(C)c(-c4cccc(Cl)c4)nn32)cc1OC. The van der Waals surface area contributed by atoms with Crippen LogP contribution in [0, 0.1) is 6.92 Å². The molecule has 3 aromatic rings. The van der Waals surface area contributed by atoms with Gasteiger partial charge < -0.3 is 20.1 Å². The largest absolute Gasteiger partial charge is 0.493 e. The fraction of sp³-hybridized carbons (Fsp3) is 0.227. The lowest BCUT2D eigenvalue weighted by Gasteiger charge is -2.24. The molecular formula is C22H21ClN4O4. The normalized spacial score (nSPS) is 15.1. The minimum Gasteiger partial charge on any atom is -0.493 e. The van der Waals surface area contributed by atoms with Crippen LogP contribution in [0.1, 0.15) is 18.0 Å². The van der Waals surface area contributed by atoms with Crippen LogP contribution in [-0.2, 0) is 9.59 Å². The van der Waals surface area contributed by atoms with E-state index in [9.17, 15) is 9.59 Å². The van der Waals surface area contributed by atoms with Gasteiger partial charge in [0.2, 0.25) is 11.8 Å². The first-order chi connectivity index (χ1) is 14.9. The molecule has 2 aromatic carbocycles. The first kappa shape index (κ1) is 20.7. The van der Waals surface area contributed by atoms with Crippen LogP contribution in [0.4, 0.5) is 11.5 Å². The van der Waals surface area contributed by atoms with Gasteiger partial charge in [-0.3, -0.25) is 9.59 Å². The number of aromatic nitrogens is 2. The van der Waals surface area contributed by atoms with E-state index in [2.05, 4.69) is 15.7 Å². The predicted molar refractivity (Wildman–Crippen MR) is 118 cm³/mol. The van der Waals surface area contributed by atoms with Crippen LogP contribution in [0.15, 0.2) is 42.5 Å². The Morgan fingerprint density at radius 1 is 1.19 bits per heavy atom. The summed E-state index contributed by atoms with van der Waals surface area (Å²) >= 11 is 6.13. The molecule has 2 heterocycles. The number of hydrogen-bond donors (Lipinski definition) is 2. The number of amides is 2. The topological polar surface area (TPSA) is 94.5 Å². The molecule has 2 amide bonds. The summed E-state index contributed by atoms with van der Waals surface area (Å²) in [7, 11) is 3.06. The summed E-state index contributed by atoms with van der Waals surface area (Å²) in [6, 6.07) is 11.5. The summed E-state index contributed by atoms with van der Waals surface area (Å²) in [6.07, 6.45) is -0.0256. The summed E-state index contributed by atoms with van der Waals surface area (Å²) in [5.74, 6) is 0.928. The number of carbonyl (C=O) groups is 2. The van der Waals surface area contributed by atoms with Crippen molar-refractivity contribution in [3.63, 3.8) is 0 Å². The van der Waals surface area contributed by atoms with Crippen molar-refractivity contribution in [2.75, 3.05) is 24.9 Å². The molecule has 0 fully saturated rings. The van der Waals surface area contributed by atoms with Crippen molar-refractivity contribution in [2.45, 2.75) is 19.4 Å². The van der Waals surface area contributed by atoms with Gasteiger partial charge in [0, 0.05) is 27.9 Å². The highest BCUT2D eigenvalue weighted by molar-refractivity contribution is 6.30. The molecule has 31 heavy (non-hydrogen) atoms. The Morgan fingerprint density at radius 3 is 2.68 bits per heavy atom. The third kappa shape index (κ3) is 3.94. The van der Waals surface area contributed by atoms with E-state index >= 15 is 0 Å². The third-order valence-corrected chi connectivity index (χ3v) is 5.37. The van der Waals surface area contributed by atoms with Gasteiger partial charge in [0.1, 0.15) is 11.9 Å². The fourth-order valence-electron chi connectivity index (χ4n) is 3.59. The van der Waals surface area contributed by atoms with E-state index in [1.54, 1.807) is 35.0 Å². The molecule has 2 N–H and O–H groups in total. The molecule has 0 bridgehead atoms. The standard InChI is InChI=1S/C22H21ClN4O4/c1-12-20(13-5-4-6-14(23)9-13)26-27-16(11-19(28)25-21(12)27)22(29)24-15-7-8-17(30-2)18(10-15)31-3/h4-10,16H,11H2,1-3H3,(H,24,29)(H,25,28)/t16-/m1/s1. The lowest BCUT2D eigenvalue weighted by Crippen LogP contribution is -2.35. The average molecular weight is 441 g/mol. The molecule has 4 rings (SSSR count). The predicted octanol–water partition coefficient (Wildman–Crippen LogP) is 4.05. The monoisotopic (exact) mass is 440 g/mol. The number of carbonyl (C=O) groups excluding carboxylic acids is 2. The maximum absolute atomic E-state index is 13.1. The van der Waals surface area contributed by atoms with Crippen LogP contribution in [0.25, 0.3) is 11.3 Å². The number of hydrogen-bond acceptors (Lipinski definition) is 5. The molecule has 1 aliphatic rings. The number of anilines is 2. The van der Waals surface area contributed by atoms with E-state index in [1.165, 1.54) is 14.2 Å². The van der Waals surface area contributed by atoms with E-state index in [0.29, 0.717) is 33.7 Å². The second-order valence-corrected chi connectivity index (χ2v) is 7.54. The van der Waals surface area contributed by atoms with Crippen molar-refractivity contribution in [3.8, 4) is 22.8 Å². The summed E-state index contributed by atoms with van der Waals surface area (Å²) in [5, 5.41) is 10.9. The maximum Gasteiger partial charge on any atom is 0.249 e. The van der Waals surface area contributed by atoms with E-state index in [-0.39, 0.29) is 18.2 Å². The fourth-order valence-corrected chi connectivity index (χ4v) is 3.78. The summed E-state index contributed by atoms with van der Waals surface area (Å²) in [5.41, 5.74) is 2.75. The molecule has 0 aliphatic carbocycles. The minimum atomic E-state index is -0.802. The molecule has 1 atom stereocenters. The second kappa shape index (κ2) is 8.31. The highest BCUT2D eigenvalue weighted by Gasteiger charge is 2.34. The zero-order chi connectivity index (χ0) is 22.1. The van der Waals surface area contributed by atoms with Crippen molar-refractivity contribution in [1.29, 1.82) is 0 Å². The van der Waals surface area contributed by atoms with Crippen LogP contribution in [0.2, 0.25) is 5.02 Å². The maximum atomic E-state index is 13.1. The lowest BCUT2D eigenvalue weighted by molar-refractivity contribution is -0.125. The molecule has 0 spiro atoms. The Hall–Kier alpha value is -3.52. The first-order valence-electron chi connectivity index (χ1n) is 9.59. The molecule has 8 nitrogen and oxygen atoms in total. The number of nitrogens with one attached hydrogen (secondary N) is 2. The zero-order valence-electron chi connectivity index (χ0n) is 17.2. The number of rotatable bonds is 5. The van der Waals surface area contributed by atoms with E-state index in [1.807, 2.05) is 19.1 Å². The smallest absolute Gasteiger partial charge is 0.249 e. The second-order valence-electron chi connectivity index (χ2n) is 7.10. The molecule has 0 unspecified atom stereocenters. The van der Waals surface area contributed by atoms with Gasteiger partial charge >= 0.3 is 0 Å². The Kier molecular flexibility index (Phi) is 5.56. The summed E-state index contributed by atoms with van der Waals surface area (Å²) < 4.78 is 12.1. The highest BCUT2D eigenvalue weighted by Crippen LogP contribution is 2.36. The van der Waals surface area contributed by atoms with E-state index < -0.39 is 6.04 Å². The van der Waals surface area contributed by atoms with Crippen molar-refractivity contribution in [2.24, 2.45) is 0 Å². The average Bonchev–Trinajstić information content (AvgIpc) is 3.09. The number of methoxy groups -OCH3 is 2. The molecule has 0 radical (unpaired) electrons. The van der Waals surface area contributed by atoms with Gasteiger partial charge in [0.25, 0.3) is 0 Å². The molecule has 1 aliphatic heterocycles. The van der Waals surface area contributed by atoms with Crippen molar-refractivity contribution in [1.82, 2.24) is 9.78 Å². The first-order valence-corrected chi connectivity index (χ1v) is 9.97. The van der Waals surface area contributed by atoms with Crippen LogP contribution in [0.5, 0.6) is 11.5 Å². The van der Waals surface area contributed by atoms with Crippen LogP contribution in [0.3, 0.4) is 0 Å². The van der Waals surface area contributed by atoms with E-state index in [0.717, 1.165) is 11.1 Å². The Bertz CT molecular complexity index is 1170. The van der Waals surface area contributed by atoms with Gasteiger partial charge in [-0.1, -0.05) is 23.7 Å². The Balaban J connectivity index is 1.67. The molecule has 0 saturated heterocycles. The third-order valence-electron chi connectivity index (χ3n) is 5.13. The van der Waals surface area contributed by atoms with Gasteiger partial charge in [-0.25, -0.2) is 4.68 Å². The summed E-state index contributed by atoms with van der Waals surface area (Å²) in [4.78, 5) is 25.4. The minimum absolute atomic E-state index is 0.0256. The quantitative estimate of drug-likeness (QED) is 0.624. The number of ether oxygens (including phenoxy) is 2. The van der Waals surface area contributed by atoms with Gasteiger partial charge in [-0.15, -0.1) is 0 Å². The molecule has 0 saturated carbocycles. The highest BCUT2D eigenvalue weighted by atomic mass is 35.5. The molecule has 160 valence electrons. The molecule has 9 heteroatoms. The van der Waals surface area contributed by atoms with Crippen LogP contribution < -0.4 is 20.1 Å². The van der Waals surface area contributed by atoms with Gasteiger partial charge in [0.05, 0.1) is 26.3 Å². The van der Waals surface area contributed by atoms with Gasteiger partial charge in [-0.2, -0.15) is 5.10 Å². The van der Waals surface area contributed by atoms with Crippen molar-refractivity contribution in [3.05, 3.63) is 53.1 Å². The lowest BCUT2D eigenvalue weighted by atomic mass is 10.1. The Morgan fingerprint density at radius 2 is 1.97 bits per heavy atom. The van der Waals surface area contributed by atoms with E-state index in [4.69, 9.17) is 21.1 Å². The van der Waals surface area contributed by atoms with Crippen molar-refractivity contribution >= 4 is 34.9 Å². The number of halogens is 1. The Labute approximate surface area is 184 Å². The molecular weight excluding hydrogens is 420 g/mol. The number of fused-ring (bicyclic) bond motifs is 1. The number of benzene rings is 2.